The van der Waals surface area contributed by atoms with E-state index in [0.29, 0.717) is 17.9 Å². The molecule has 0 aromatic carbocycles. The van der Waals surface area contributed by atoms with Gasteiger partial charge in [-0.15, -0.1) is 0 Å². The summed E-state index contributed by atoms with van der Waals surface area (Å²) in [4.78, 5) is 26.7. The van der Waals surface area contributed by atoms with Crippen LogP contribution in [0.3, 0.4) is 0 Å². The molecule has 0 saturated carbocycles. The van der Waals surface area contributed by atoms with Crippen molar-refractivity contribution in [3.8, 4) is 0 Å². The molecule has 2 aliphatic heterocycles. The molecule has 4 rings (SSSR count). The summed E-state index contributed by atoms with van der Waals surface area (Å²) in [5.41, 5.74) is 1.85. The summed E-state index contributed by atoms with van der Waals surface area (Å²) in [6.45, 7) is 4.42. The van der Waals surface area contributed by atoms with E-state index in [4.69, 9.17) is 4.74 Å². The quantitative estimate of drug-likeness (QED) is 0.883. The van der Waals surface area contributed by atoms with E-state index in [0.717, 1.165) is 44.7 Å². The molecule has 0 unspecified atom stereocenters. The van der Waals surface area contributed by atoms with Crippen molar-refractivity contribution in [2.24, 2.45) is 0 Å². The monoisotopic (exact) mass is 343 g/mol. The van der Waals surface area contributed by atoms with E-state index in [1.165, 1.54) is 19.3 Å². The summed E-state index contributed by atoms with van der Waals surface area (Å²) in [6.07, 6.45) is 7.33. The summed E-state index contributed by atoms with van der Waals surface area (Å²) in [5, 5.41) is 3.13. The number of likely N-dealkylation sites (tertiary alicyclic amines) is 1. The minimum atomic E-state index is -0.132. The molecule has 2 aromatic heterocycles. The largest absolute Gasteiger partial charge is 0.381 e. The molecule has 2 aromatic rings. The van der Waals surface area contributed by atoms with Gasteiger partial charge in [-0.25, -0.2) is 9.97 Å². The lowest BCUT2D eigenvalue weighted by atomic mass is 9.86. The second kappa shape index (κ2) is 7.09. The average Bonchev–Trinajstić information content (AvgIpc) is 3.15. The molecule has 7 heteroatoms. The van der Waals surface area contributed by atoms with Crippen molar-refractivity contribution in [3.63, 3.8) is 0 Å². The normalized spacial score (nSPS) is 21.3. The van der Waals surface area contributed by atoms with E-state index in [1.54, 1.807) is 12.4 Å². The third-order valence-corrected chi connectivity index (χ3v) is 5.54. The zero-order valence-corrected chi connectivity index (χ0v) is 14.5. The maximum atomic E-state index is 12.6. The summed E-state index contributed by atoms with van der Waals surface area (Å²) in [7, 11) is 0. The van der Waals surface area contributed by atoms with Crippen LogP contribution in [0, 0.1) is 0 Å². The number of carbonyl (C=O) groups excluding carboxylic acids is 1. The molecular formula is C18H25N5O2. The highest BCUT2D eigenvalue weighted by Crippen LogP contribution is 2.30. The lowest BCUT2D eigenvalue weighted by Gasteiger charge is -2.48. The molecule has 2 fully saturated rings. The van der Waals surface area contributed by atoms with E-state index >= 15 is 0 Å². The molecule has 4 heterocycles. The number of aromatic amines is 1. The van der Waals surface area contributed by atoms with Crippen LogP contribution in [-0.2, 0) is 4.74 Å². The van der Waals surface area contributed by atoms with Crippen LogP contribution >= 0.6 is 0 Å². The van der Waals surface area contributed by atoms with Crippen LogP contribution in [0.4, 0.5) is 0 Å². The van der Waals surface area contributed by atoms with Gasteiger partial charge in [-0.3, -0.25) is 9.69 Å². The van der Waals surface area contributed by atoms with Crippen molar-refractivity contribution < 1.29 is 9.53 Å². The average molecular weight is 343 g/mol. The van der Waals surface area contributed by atoms with E-state index in [-0.39, 0.29) is 11.4 Å². The number of ether oxygens (including phenoxy) is 1. The topological polar surface area (TPSA) is 83.1 Å². The number of H-pyrrole nitrogens is 1. The summed E-state index contributed by atoms with van der Waals surface area (Å²) >= 11 is 0. The van der Waals surface area contributed by atoms with Crippen molar-refractivity contribution in [2.45, 2.75) is 37.6 Å². The first-order valence-corrected chi connectivity index (χ1v) is 9.18. The maximum Gasteiger partial charge on any atom is 0.270 e. The van der Waals surface area contributed by atoms with Crippen LogP contribution in [0.25, 0.3) is 11.2 Å². The fraction of sp³-hybridized carbons (Fsp3) is 0.611. The Labute approximate surface area is 147 Å². The van der Waals surface area contributed by atoms with Gasteiger partial charge in [0.05, 0.1) is 11.8 Å². The van der Waals surface area contributed by atoms with Gasteiger partial charge in [-0.05, 0) is 50.9 Å². The van der Waals surface area contributed by atoms with Crippen LogP contribution in [-0.4, -0.2) is 64.1 Å². The summed E-state index contributed by atoms with van der Waals surface area (Å²) in [5.74, 6) is -0.132. The highest BCUT2D eigenvalue weighted by Gasteiger charge is 2.39. The van der Waals surface area contributed by atoms with Gasteiger partial charge in [0.15, 0.2) is 5.65 Å². The lowest BCUT2D eigenvalue weighted by Crippen LogP contribution is -2.59. The first kappa shape index (κ1) is 16.5. The van der Waals surface area contributed by atoms with E-state index < -0.39 is 0 Å². The molecule has 2 saturated heterocycles. The van der Waals surface area contributed by atoms with Crippen LogP contribution in [0.2, 0.25) is 0 Å². The van der Waals surface area contributed by atoms with Crippen molar-refractivity contribution in [1.82, 2.24) is 25.2 Å². The molecule has 0 spiro atoms. The number of nitrogens with zero attached hydrogens (tertiary/aromatic N) is 3. The second-order valence-electron chi connectivity index (χ2n) is 7.04. The Kier molecular flexibility index (Phi) is 4.67. The van der Waals surface area contributed by atoms with Crippen LogP contribution in [0.5, 0.6) is 0 Å². The van der Waals surface area contributed by atoms with Crippen LogP contribution in [0.15, 0.2) is 18.5 Å². The smallest absolute Gasteiger partial charge is 0.270 e. The maximum absolute atomic E-state index is 12.6. The number of fused-ring (bicyclic) bond motifs is 1. The molecule has 2 aliphatic rings. The fourth-order valence-corrected chi connectivity index (χ4v) is 4.01. The number of carbonyl (C=O) groups is 1. The molecule has 25 heavy (non-hydrogen) atoms. The molecular weight excluding hydrogens is 318 g/mol. The molecule has 0 radical (unpaired) electrons. The Balaban J connectivity index is 1.47. The van der Waals surface area contributed by atoms with E-state index in [2.05, 4.69) is 25.2 Å². The standard InChI is InChI=1S/C18H25N5O2/c24-17(15-5-4-14-16(22-15)21-13-20-14)19-12-18(6-10-25-11-7-18)23-8-2-1-3-9-23/h4-5,13H,1-3,6-12H2,(H,19,24)(H,20,21,22). The predicted molar refractivity (Wildman–Crippen MR) is 94.4 cm³/mol. The van der Waals surface area contributed by atoms with Gasteiger partial charge in [-0.2, -0.15) is 0 Å². The minimum Gasteiger partial charge on any atom is -0.381 e. The Morgan fingerprint density at radius 2 is 2.04 bits per heavy atom. The second-order valence-corrected chi connectivity index (χ2v) is 7.04. The molecule has 0 atom stereocenters. The van der Waals surface area contributed by atoms with E-state index in [1.807, 2.05) is 6.07 Å². The number of piperidine rings is 1. The van der Waals surface area contributed by atoms with E-state index in [9.17, 15) is 4.79 Å². The first-order valence-electron chi connectivity index (χ1n) is 9.18. The minimum absolute atomic E-state index is 0.0186. The van der Waals surface area contributed by atoms with Crippen molar-refractivity contribution in [3.05, 3.63) is 24.2 Å². The zero-order chi connectivity index (χ0) is 17.1. The Morgan fingerprint density at radius 3 is 2.84 bits per heavy atom. The number of rotatable bonds is 4. The highest BCUT2D eigenvalue weighted by atomic mass is 16.5. The number of hydrogen-bond acceptors (Lipinski definition) is 5. The molecule has 7 nitrogen and oxygen atoms in total. The Hall–Kier alpha value is -1.99. The van der Waals surface area contributed by atoms with Crippen LogP contribution < -0.4 is 5.32 Å². The third-order valence-electron chi connectivity index (χ3n) is 5.54. The number of aromatic nitrogens is 3. The molecule has 0 aliphatic carbocycles. The van der Waals surface area contributed by atoms with Gasteiger partial charge in [0, 0.05) is 25.3 Å². The zero-order valence-electron chi connectivity index (χ0n) is 14.5. The first-order chi connectivity index (χ1) is 12.3. The number of nitrogens with one attached hydrogen (secondary N) is 2. The highest BCUT2D eigenvalue weighted by molar-refractivity contribution is 5.94. The Bertz CT molecular complexity index is 732. The number of amides is 1. The van der Waals surface area contributed by atoms with Gasteiger partial charge < -0.3 is 15.0 Å². The van der Waals surface area contributed by atoms with Crippen molar-refractivity contribution in [1.29, 1.82) is 0 Å². The lowest BCUT2D eigenvalue weighted by molar-refractivity contribution is -0.0349. The van der Waals surface area contributed by atoms with Crippen molar-refractivity contribution in [2.75, 3.05) is 32.8 Å². The third kappa shape index (κ3) is 3.39. The van der Waals surface area contributed by atoms with Gasteiger partial charge in [-0.1, -0.05) is 6.42 Å². The molecule has 2 N–H and O–H groups in total. The molecule has 0 bridgehead atoms. The number of pyridine rings is 1. The fourth-order valence-electron chi connectivity index (χ4n) is 4.01. The van der Waals surface area contributed by atoms with Gasteiger partial charge >= 0.3 is 0 Å². The van der Waals surface area contributed by atoms with Gasteiger partial charge in [0.1, 0.15) is 5.69 Å². The van der Waals surface area contributed by atoms with Crippen LogP contribution in [0.1, 0.15) is 42.6 Å². The summed E-state index contributed by atoms with van der Waals surface area (Å²) < 4.78 is 5.58. The number of imidazole rings is 1. The predicted octanol–water partition coefficient (Wildman–Crippen LogP) is 1.72. The Morgan fingerprint density at radius 1 is 1.24 bits per heavy atom. The van der Waals surface area contributed by atoms with Gasteiger partial charge in [0.25, 0.3) is 5.91 Å². The van der Waals surface area contributed by atoms with Crippen molar-refractivity contribution >= 4 is 17.1 Å². The van der Waals surface area contributed by atoms with Gasteiger partial charge in [0.2, 0.25) is 0 Å². The molecule has 1 amide bonds. The summed E-state index contributed by atoms with van der Waals surface area (Å²) in [6, 6.07) is 3.59. The molecule has 134 valence electrons. The SMILES string of the molecule is O=C(NCC1(N2CCCCC2)CCOCC1)c1ccc2[nH]cnc2n1. The number of hydrogen-bond donors (Lipinski definition) is 2.